The molecule has 1 N–H and O–H groups in total. The second kappa shape index (κ2) is 7.13. The Hall–Kier alpha value is -1.71. The third-order valence-electron chi connectivity index (χ3n) is 4.97. The summed E-state index contributed by atoms with van der Waals surface area (Å²) in [6.45, 7) is 0.639. The zero-order chi connectivity index (χ0) is 18.3. The summed E-state index contributed by atoms with van der Waals surface area (Å²) >= 11 is 3.85. The van der Waals surface area contributed by atoms with Gasteiger partial charge in [-0.15, -0.1) is 12.6 Å². The van der Waals surface area contributed by atoms with Gasteiger partial charge in [0.25, 0.3) is 0 Å². The first-order valence-electron chi connectivity index (χ1n) is 8.53. The smallest absolute Gasteiger partial charge is 0.207 e. The van der Waals surface area contributed by atoms with Gasteiger partial charge in [-0.2, -0.15) is 4.39 Å². The molecular weight excluding hydrogens is 366 g/mol. The molecule has 1 aromatic carbocycles. The number of anilines is 1. The molecule has 2 aromatic rings. The molecule has 2 fully saturated rings. The number of nitrogens with one attached hydrogen (secondary N) is 1. The Morgan fingerprint density at radius 2 is 2.04 bits per heavy atom. The molecule has 1 aliphatic carbocycles. The predicted molar refractivity (Wildman–Crippen MR) is 91.9 cm³/mol. The molecule has 140 valence electrons. The molecule has 4 rings (SSSR count). The van der Waals surface area contributed by atoms with Crippen LogP contribution in [0.15, 0.2) is 10.6 Å². The Morgan fingerprint density at radius 3 is 2.77 bits per heavy atom. The van der Waals surface area contributed by atoms with E-state index in [4.69, 9.17) is 14.0 Å². The van der Waals surface area contributed by atoms with Crippen LogP contribution in [0.5, 0.6) is 0 Å². The van der Waals surface area contributed by atoms with E-state index in [1.807, 2.05) is 0 Å². The Balaban J connectivity index is 1.66. The summed E-state index contributed by atoms with van der Waals surface area (Å²) in [5.74, 6) is -1.74. The maximum Gasteiger partial charge on any atom is 0.207 e. The van der Waals surface area contributed by atoms with Gasteiger partial charge < -0.3 is 19.3 Å². The quantitative estimate of drug-likeness (QED) is 0.768. The molecule has 0 bridgehead atoms. The molecule has 1 aromatic heterocycles. The summed E-state index contributed by atoms with van der Waals surface area (Å²) in [4.78, 5) is 11.3. The van der Waals surface area contributed by atoms with Crippen LogP contribution in [-0.2, 0) is 14.3 Å². The van der Waals surface area contributed by atoms with E-state index in [0.29, 0.717) is 30.8 Å². The molecule has 0 amide bonds. The minimum absolute atomic E-state index is 0.00468. The summed E-state index contributed by atoms with van der Waals surface area (Å²) in [6.07, 6.45) is 2.13. The lowest BCUT2D eigenvalue weighted by molar-refractivity contribution is -0.111. The van der Waals surface area contributed by atoms with Crippen LogP contribution in [0.4, 0.5) is 14.6 Å². The zero-order valence-corrected chi connectivity index (χ0v) is 14.7. The van der Waals surface area contributed by atoms with Crippen molar-refractivity contribution in [2.45, 2.75) is 38.0 Å². The van der Waals surface area contributed by atoms with Gasteiger partial charge in [-0.1, -0.05) is 11.6 Å². The molecule has 26 heavy (non-hydrogen) atoms. The average molecular weight is 384 g/mol. The monoisotopic (exact) mass is 384 g/mol. The molecule has 2 atom stereocenters. The van der Waals surface area contributed by atoms with E-state index in [1.54, 1.807) is 0 Å². The van der Waals surface area contributed by atoms with Gasteiger partial charge in [0.2, 0.25) is 11.4 Å². The summed E-state index contributed by atoms with van der Waals surface area (Å²) < 4.78 is 44.3. The minimum Gasteiger partial charge on any atom is -0.364 e. The van der Waals surface area contributed by atoms with Crippen LogP contribution in [0.3, 0.4) is 0 Å². The number of fused-ring (bicyclic) bond motifs is 1. The molecule has 1 saturated carbocycles. The number of rotatable bonds is 5. The highest BCUT2D eigenvalue weighted by atomic mass is 32.1. The normalized spacial score (nSPS) is 23.8. The van der Waals surface area contributed by atoms with Crippen LogP contribution in [0.1, 0.15) is 37.5 Å². The highest BCUT2D eigenvalue weighted by Gasteiger charge is 2.32. The Morgan fingerprint density at radius 1 is 1.27 bits per heavy atom. The third-order valence-corrected chi connectivity index (χ3v) is 5.15. The van der Waals surface area contributed by atoms with Crippen LogP contribution in [0, 0.1) is 17.6 Å². The maximum atomic E-state index is 14.4. The number of carbonyl (C=O) groups excluding carboxylic acids is 1. The molecule has 2 aliphatic rings. The van der Waals surface area contributed by atoms with Gasteiger partial charge in [-0.3, -0.25) is 4.79 Å². The van der Waals surface area contributed by atoms with Crippen molar-refractivity contribution in [2.75, 3.05) is 18.5 Å². The van der Waals surface area contributed by atoms with E-state index >= 15 is 0 Å². The Kier molecular flexibility index (Phi) is 4.85. The van der Waals surface area contributed by atoms with Crippen molar-refractivity contribution in [1.82, 2.24) is 5.16 Å². The summed E-state index contributed by atoms with van der Waals surface area (Å²) in [5.41, 5.74) is -0.279. The topological polar surface area (TPSA) is 73.6 Å². The highest BCUT2D eigenvalue weighted by molar-refractivity contribution is 7.96. The zero-order valence-electron chi connectivity index (χ0n) is 13.8. The SMILES string of the molecule is O=C(S)C[C@H]1CCC[C@@H]1Nc1noc2c(F)c(F)c(C3OCCO3)cc12. The van der Waals surface area contributed by atoms with E-state index < -0.39 is 17.9 Å². The fourth-order valence-electron chi connectivity index (χ4n) is 3.72. The molecule has 1 saturated heterocycles. The maximum absolute atomic E-state index is 14.4. The van der Waals surface area contributed by atoms with Gasteiger partial charge in [0.05, 0.1) is 18.6 Å². The van der Waals surface area contributed by atoms with Crippen LogP contribution in [0.2, 0.25) is 0 Å². The number of benzene rings is 1. The first-order valence-corrected chi connectivity index (χ1v) is 8.98. The molecule has 9 heteroatoms. The predicted octanol–water partition coefficient (Wildman–Crippen LogP) is 3.58. The number of hydrogen-bond donors (Lipinski definition) is 2. The summed E-state index contributed by atoms with van der Waals surface area (Å²) in [7, 11) is 0. The average Bonchev–Trinajstić information content (AvgIpc) is 3.33. The fraction of sp³-hybridized carbons (Fsp3) is 0.529. The lowest BCUT2D eigenvalue weighted by atomic mass is 10.00. The van der Waals surface area contributed by atoms with Gasteiger partial charge in [0.15, 0.2) is 23.0 Å². The molecule has 1 aliphatic heterocycles. The van der Waals surface area contributed by atoms with Gasteiger partial charge in [0, 0.05) is 18.0 Å². The molecule has 0 radical (unpaired) electrons. The number of hydrogen-bond acceptors (Lipinski definition) is 6. The van der Waals surface area contributed by atoms with E-state index in [-0.39, 0.29) is 28.2 Å². The van der Waals surface area contributed by atoms with E-state index in [0.717, 1.165) is 19.3 Å². The number of carbonyl (C=O) groups is 1. The van der Waals surface area contributed by atoms with Crippen LogP contribution < -0.4 is 5.32 Å². The van der Waals surface area contributed by atoms with Crippen LogP contribution in [0.25, 0.3) is 11.0 Å². The Labute approximate surface area is 153 Å². The number of nitrogens with zero attached hydrogens (tertiary/aromatic N) is 1. The number of ether oxygens (including phenoxy) is 2. The summed E-state index contributed by atoms with van der Waals surface area (Å²) in [6, 6.07) is 1.44. The van der Waals surface area contributed by atoms with Gasteiger partial charge in [-0.05, 0) is 24.8 Å². The number of thiol groups is 1. The highest BCUT2D eigenvalue weighted by Crippen LogP contribution is 2.37. The fourth-order valence-corrected chi connectivity index (χ4v) is 3.95. The van der Waals surface area contributed by atoms with E-state index in [1.165, 1.54) is 6.07 Å². The third kappa shape index (κ3) is 3.19. The lowest BCUT2D eigenvalue weighted by Crippen LogP contribution is -2.25. The second-order valence-electron chi connectivity index (χ2n) is 6.61. The van der Waals surface area contributed by atoms with Crippen LogP contribution >= 0.6 is 12.6 Å². The van der Waals surface area contributed by atoms with Crippen molar-refractivity contribution in [3.63, 3.8) is 0 Å². The Bertz CT molecular complexity index is 838. The molecule has 0 unspecified atom stereocenters. The van der Waals surface area contributed by atoms with Gasteiger partial charge in [0.1, 0.15) is 0 Å². The lowest BCUT2D eigenvalue weighted by Gasteiger charge is -2.19. The van der Waals surface area contributed by atoms with Crippen molar-refractivity contribution in [2.24, 2.45) is 5.92 Å². The number of aromatic nitrogens is 1. The largest absolute Gasteiger partial charge is 0.364 e. The van der Waals surface area contributed by atoms with E-state index in [2.05, 4.69) is 23.1 Å². The van der Waals surface area contributed by atoms with Gasteiger partial charge >= 0.3 is 0 Å². The van der Waals surface area contributed by atoms with E-state index in [9.17, 15) is 13.6 Å². The molecule has 2 heterocycles. The van der Waals surface area contributed by atoms with Crippen molar-refractivity contribution in [1.29, 1.82) is 0 Å². The number of halogens is 2. The van der Waals surface area contributed by atoms with Crippen molar-refractivity contribution in [3.05, 3.63) is 23.3 Å². The molecular formula is C17H18F2N2O4S. The van der Waals surface area contributed by atoms with Crippen molar-refractivity contribution in [3.8, 4) is 0 Å². The van der Waals surface area contributed by atoms with Crippen LogP contribution in [-0.4, -0.2) is 29.5 Å². The van der Waals surface area contributed by atoms with Gasteiger partial charge in [-0.25, -0.2) is 4.39 Å². The summed E-state index contributed by atoms with van der Waals surface area (Å²) in [5, 5.41) is 7.24. The first kappa shape index (κ1) is 17.7. The minimum atomic E-state index is -1.12. The molecule has 6 nitrogen and oxygen atoms in total. The second-order valence-corrected chi connectivity index (χ2v) is 7.11. The van der Waals surface area contributed by atoms with Crippen molar-refractivity contribution >= 4 is 34.5 Å². The molecule has 0 spiro atoms. The standard InChI is InChI=1S/C17H18F2N2O4S/c18-13-9(17-23-4-5-24-17)7-10-15(14(13)19)25-21-16(10)20-11-3-1-2-8(11)6-12(22)26/h7-8,11,17H,1-6H2,(H,20,21)(H,22,26)/t8-,11+/m1/s1. The van der Waals surface area contributed by atoms with Crippen molar-refractivity contribution < 1.29 is 27.6 Å². The first-order chi connectivity index (χ1) is 12.5.